The van der Waals surface area contributed by atoms with Crippen molar-refractivity contribution in [3.8, 4) is 11.4 Å². The van der Waals surface area contributed by atoms with Gasteiger partial charge >= 0.3 is 5.97 Å². The molecule has 0 unspecified atom stereocenters. The van der Waals surface area contributed by atoms with Gasteiger partial charge in [0, 0.05) is 35.7 Å². The van der Waals surface area contributed by atoms with Crippen molar-refractivity contribution in [2.45, 2.75) is 18.7 Å². The zero-order valence-electron chi connectivity index (χ0n) is 19.4. The molecule has 1 aromatic heterocycles. The number of aromatic nitrogens is 1. The average Bonchev–Trinajstić information content (AvgIpc) is 3.17. The van der Waals surface area contributed by atoms with Gasteiger partial charge in [0.05, 0.1) is 23.7 Å². The molecule has 0 amide bonds. The predicted octanol–water partition coefficient (Wildman–Crippen LogP) is 2.86. The standard InChI is InChI=1S/C25H26N2O7S/c1-17-14-23(24(29)16-34-25(30)19-6-8-21(28)9-7-19)18(2)27(17)20-4-3-5-22(15-20)35(31,32)26-10-12-33-13-11-26/h3-9,14-15,28H,10-13,16H2,1-2H3. The van der Waals surface area contributed by atoms with Crippen LogP contribution in [0.2, 0.25) is 0 Å². The first-order chi connectivity index (χ1) is 16.7. The predicted molar refractivity (Wildman–Crippen MR) is 128 cm³/mol. The number of hydrogen-bond acceptors (Lipinski definition) is 7. The van der Waals surface area contributed by atoms with Crippen molar-refractivity contribution in [3.05, 3.63) is 77.1 Å². The van der Waals surface area contributed by atoms with Crippen LogP contribution in [-0.2, 0) is 19.5 Å². The minimum Gasteiger partial charge on any atom is -0.508 e. The van der Waals surface area contributed by atoms with Crippen molar-refractivity contribution >= 4 is 21.8 Å². The number of aryl methyl sites for hydroxylation is 1. The molecule has 35 heavy (non-hydrogen) atoms. The van der Waals surface area contributed by atoms with E-state index in [0.717, 1.165) is 5.69 Å². The topological polar surface area (TPSA) is 115 Å². The fourth-order valence-corrected chi connectivity index (χ4v) is 5.50. The lowest BCUT2D eigenvalue weighted by atomic mass is 10.1. The molecule has 1 aliphatic heterocycles. The summed E-state index contributed by atoms with van der Waals surface area (Å²) in [7, 11) is -3.68. The third-order valence-corrected chi connectivity index (χ3v) is 7.75. The molecular weight excluding hydrogens is 472 g/mol. The van der Waals surface area contributed by atoms with E-state index in [-0.39, 0.29) is 22.0 Å². The highest BCUT2D eigenvalue weighted by molar-refractivity contribution is 7.89. The number of ether oxygens (including phenoxy) is 2. The number of aromatic hydroxyl groups is 1. The van der Waals surface area contributed by atoms with Gasteiger partial charge in [-0.15, -0.1) is 0 Å². The number of phenolic OH excluding ortho intramolecular Hbond substituents is 1. The van der Waals surface area contributed by atoms with Crippen molar-refractivity contribution in [1.82, 2.24) is 8.87 Å². The number of ketones is 1. The number of esters is 1. The second-order valence-electron chi connectivity index (χ2n) is 8.18. The zero-order chi connectivity index (χ0) is 25.2. The summed E-state index contributed by atoms with van der Waals surface area (Å²) in [5.41, 5.74) is 2.54. The zero-order valence-corrected chi connectivity index (χ0v) is 20.2. The van der Waals surface area contributed by atoms with E-state index in [1.54, 1.807) is 41.8 Å². The van der Waals surface area contributed by atoms with Crippen molar-refractivity contribution in [2.24, 2.45) is 0 Å². The van der Waals surface area contributed by atoms with Crippen LogP contribution < -0.4 is 0 Å². The monoisotopic (exact) mass is 498 g/mol. The van der Waals surface area contributed by atoms with Gasteiger partial charge in [0.25, 0.3) is 0 Å². The lowest BCUT2D eigenvalue weighted by molar-refractivity contribution is 0.0474. The summed E-state index contributed by atoms with van der Waals surface area (Å²) in [6.07, 6.45) is 0. The smallest absolute Gasteiger partial charge is 0.338 e. The Morgan fingerprint density at radius 1 is 1.03 bits per heavy atom. The third kappa shape index (κ3) is 5.14. The number of phenols is 1. The molecule has 10 heteroatoms. The number of nitrogens with zero attached hydrogens (tertiary/aromatic N) is 2. The Morgan fingerprint density at radius 2 is 1.71 bits per heavy atom. The molecular formula is C25H26N2O7S. The van der Waals surface area contributed by atoms with Crippen LogP contribution in [0, 0.1) is 13.8 Å². The van der Waals surface area contributed by atoms with Gasteiger partial charge in [-0.05, 0) is 62.4 Å². The highest BCUT2D eigenvalue weighted by atomic mass is 32.2. The van der Waals surface area contributed by atoms with Crippen LogP contribution in [0.1, 0.15) is 32.1 Å². The molecule has 9 nitrogen and oxygen atoms in total. The molecule has 1 fully saturated rings. The molecule has 1 saturated heterocycles. The highest BCUT2D eigenvalue weighted by Crippen LogP contribution is 2.25. The SMILES string of the molecule is Cc1cc(C(=O)COC(=O)c2ccc(O)cc2)c(C)n1-c1cccc(S(=O)(=O)N2CCOCC2)c1. The number of benzene rings is 2. The van der Waals surface area contributed by atoms with Gasteiger partial charge in [-0.2, -0.15) is 4.31 Å². The first kappa shape index (κ1) is 24.6. The maximum absolute atomic E-state index is 13.1. The summed E-state index contributed by atoms with van der Waals surface area (Å²) in [6, 6.07) is 13.8. The van der Waals surface area contributed by atoms with E-state index in [4.69, 9.17) is 9.47 Å². The van der Waals surface area contributed by atoms with Crippen LogP contribution in [0.4, 0.5) is 0 Å². The van der Waals surface area contributed by atoms with Crippen LogP contribution >= 0.6 is 0 Å². The Kier molecular flexibility index (Phi) is 7.06. The van der Waals surface area contributed by atoms with E-state index >= 15 is 0 Å². The Labute approximate surface area is 203 Å². The second kappa shape index (κ2) is 10.0. The lowest BCUT2D eigenvalue weighted by Gasteiger charge is -2.26. The quantitative estimate of drug-likeness (QED) is 0.393. The summed E-state index contributed by atoms with van der Waals surface area (Å²) < 4.78 is 39.8. The fourth-order valence-electron chi connectivity index (χ4n) is 4.05. The second-order valence-corrected chi connectivity index (χ2v) is 10.1. The van der Waals surface area contributed by atoms with Crippen LogP contribution in [0.3, 0.4) is 0 Å². The van der Waals surface area contributed by atoms with Gasteiger partial charge in [0.15, 0.2) is 6.61 Å². The molecule has 0 atom stereocenters. The van der Waals surface area contributed by atoms with Crippen LogP contribution in [0.15, 0.2) is 59.5 Å². The first-order valence-corrected chi connectivity index (χ1v) is 12.5. The van der Waals surface area contributed by atoms with Crippen LogP contribution in [-0.4, -0.2) is 67.1 Å². The molecule has 0 spiro atoms. The van der Waals surface area contributed by atoms with Crippen molar-refractivity contribution in [2.75, 3.05) is 32.9 Å². The number of Topliss-reactive ketones (excluding diaryl/α,β-unsaturated/α-hetero) is 1. The molecule has 0 bridgehead atoms. The van der Waals surface area contributed by atoms with E-state index < -0.39 is 22.6 Å². The van der Waals surface area contributed by atoms with Crippen molar-refractivity contribution < 1.29 is 32.6 Å². The molecule has 0 radical (unpaired) electrons. The first-order valence-electron chi connectivity index (χ1n) is 11.0. The van der Waals surface area contributed by atoms with Crippen molar-refractivity contribution in [1.29, 1.82) is 0 Å². The largest absolute Gasteiger partial charge is 0.508 e. The maximum atomic E-state index is 13.1. The van der Waals surface area contributed by atoms with Crippen LogP contribution in [0.25, 0.3) is 5.69 Å². The molecule has 3 aromatic rings. The highest BCUT2D eigenvalue weighted by Gasteiger charge is 2.27. The molecule has 2 heterocycles. The Bertz CT molecular complexity index is 1350. The van der Waals surface area contributed by atoms with Gasteiger partial charge in [0.1, 0.15) is 5.75 Å². The fraction of sp³-hybridized carbons (Fsp3) is 0.280. The summed E-state index contributed by atoms with van der Waals surface area (Å²) in [4.78, 5) is 25.2. The summed E-state index contributed by atoms with van der Waals surface area (Å²) in [5.74, 6) is -1.03. The van der Waals surface area contributed by atoms with Gasteiger partial charge in [0.2, 0.25) is 15.8 Å². The maximum Gasteiger partial charge on any atom is 0.338 e. The minimum atomic E-state index is -3.68. The molecule has 0 saturated carbocycles. The number of rotatable bonds is 7. The number of morpholine rings is 1. The number of sulfonamides is 1. The molecule has 0 aliphatic carbocycles. The Balaban J connectivity index is 1.54. The normalized spacial score (nSPS) is 14.6. The Morgan fingerprint density at radius 3 is 2.40 bits per heavy atom. The van der Waals surface area contributed by atoms with Gasteiger partial charge < -0.3 is 19.1 Å². The minimum absolute atomic E-state index is 0.0203. The lowest BCUT2D eigenvalue weighted by Crippen LogP contribution is -2.40. The number of hydrogen-bond donors (Lipinski definition) is 1. The van der Waals surface area contributed by atoms with Gasteiger partial charge in [-0.1, -0.05) is 6.07 Å². The molecule has 1 aliphatic rings. The molecule has 4 rings (SSSR count). The number of carbonyl (C=O) groups excluding carboxylic acids is 2. The van der Waals surface area contributed by atoms with E-state index in [0.29, 0.717) is 43.2 Å². The third-order valence-electron chi connectivity index (χ3n) is 5.85. The van der Waals surface area contributed by atoms with Gasteiger partial charge in [-0.25, -0.2) is 13.2 Å². The van der Waals surface area contributed by atoms with Crippen LogP contribution in [0.5, 0.6) is 5.75 Å². The number of carbonyl (C=O) groups is 2. The van der Waals surface area contributed by atoms with E-state index in [9.17, 15) is 23.1 Å². The summed E-state index contributed by atoms with van der Waals surface area (Å²) in [5, 5.41) is 9.34. The molecule has 1 N–H and O–H groups in total. The summed E-state index contributed by atoms with van der Waals surface area (Å²) >= 11 is 0. The van der Waals surface area contributed by atoms with Crippen molar-refractivity contribution in [3.63, 3.8) is 0 Å². The molecule has 2 aromatic carbocycles. The van der Waals surface area contributed by atoms with Gasteiger partial charge in [-0.3, -0.25) is 4.79 Å². The van der Waals surface area contributed by atoms with E-state index in [2.05, 4.69) is 0 Å². The Hall–Kier alpha value is -3.47. The average molecular weight is 499 g/mol. The summed E-state index contributed by atoms with van der Waals surface area (Å²) in [6.45, 7) is 4.44. The van der Waals surface area contributed by atoms with E-state index in [1.807, 2.05) is 6.92 Å². The van der Waals surface area contributed by atoms with E-state index in [1.165, 1.54) is 28.6 Å². The molecule has 184 valence electrons.